The SMILES string of the molecule is C=CCN(CC)C(=O)c1ccc(Br)cc1. The molecule has 3 heteroatoms. The Kier molecular flexibility index (Phi) is 4.56. The van der Waals surface area contributed by atoms with Crippen molar-refractivity contribution in [2.24, 2.45) is 0 Å². The summed E-state index contributed by atoms with van der Waals surface area (Å²) in [7, 11) is 0. The number of hydrogen-bond acceptors (Lipinski definition) is 1. The fourth-order valence-corrected chi connectivity index (χ4v) is 1.55. The minimum absolute atomic E-state index is 0.0462. The average molecular weight is 268 g/mol. The van der Waals surface area contributed by atoms with Gasteiger partial charge >= 0.3 is 0 Å². The maximum atomic E-state index is 11.9. The van der Waals surface area contributed by atoms with Crippen LogP contribution in [0.3, 0.4) is 0 Å². The molecule has 0 radical (unpaired) electrons. The first-order valence-corrected chi connectivity index (χ1v) is 5.64. The number of carbonyl (C=O) groups is 1. The Morgan fingerprint density at radius 1 is 1.47 bits per heavy atom. The molecule has 0 saturated heterocycles. The first-order chi connectivity index (χ1) is 7.19. The van der Waals surface area contributed by atoms with E-state index in [1.54, 1.807) is 11.0 Å². The highest BCUT2D eigenvalue weighted by molar-refractivity contribution is 9.10. The van der Waals surface area contributed by atoms with Gasteiger partial charge in [0.2, 0.25) is 0 Å². The normalized spacial score (nSPS) is 9.73. The van der Waals surface area contributed by atoms with E-state index in [-0.39, 0.29) is 5.91 Å². The number of hydrogen-bond donors (Lipinski definition) is 0. The average Bonchev–Trinajstić information content (AvgIpc) is 2.26. The number of halogens is 1. The van der Waals surface area contributed by atoms with Crippen molar-refractivity contribution >= 4 is 21.8 Å². The Morgan fingerprint density at radius 2 is 2.07 bits per heavy atom. The first-order valence-electron chi connectivity index (χ1n) is 4.84. The molecular formula is C12H14BrNO. The summed E-state index contributed by atoms with van der Waals surface area (Å²) in [5.74, 6) is 0.0462. The molecule has 0 unspecified atom stereocenters. The van der Waals surface area contributed by atoms with E-state index in [4.69, 9.17) is 0 Å². The predicted molar refractivity (Wildman–Crippen MR) is 65.9 cm³/mol. The lowest BCUT2D eigenvalue weighted by atomic mass is 10.2. The zero-order valence-electron chi connectivity index (χ0n) is 8.74. The molecule has 1 aromatic rings. The number of nitrogens with zero attached hydrogens (tertiary/aromatic N) is 1. The highest BCUT2D eigenvalue weighted by atomic mass is 79.9. The Hall–Kier alpha value is -1.09. The van der Waals surface area contributed by atoms with Gasteiger partial charge in [-0.25, -0.2) is 0 Å². The van der Waals surface area contributed by atoms with Gasteiger partial charge in [0.1, 0.15) is 0 Å². The lowest BCUT2D eigenvalue weighted by molar-refractivity contribution is 0.0782. The van der Waals surface area contributed by atoms with E-state index in [1.807, 2.05) is 31.2 Å². The van der Waals surface area contributed by atoms with Crippen molar-refractivity contribution in [3.8, 4) is 0 Å². The van der Waals surface area contributed by atoms with Crippen LogP contribution in [-0.2, 0) is 0 Å². The van der Waals surface area contributed by atoms with Crippen molar-refractivity contribution in [3.63, 3.8) is 0 Å². The molecule has 0 atom stereocenters. The van der Waals surface area contributed by atoms with Gasteiger partial charge in [-0.3, -0.25) is 4.79 Å². The zero-order chi connectivity index (χ0) is 11.3. The van der Waals surface area contributed by atoms with Crippen molar-refractivity contribution in [2.45, 2.75) is 6.92 Å². The van der Waals surface area contributed by atoms with Crippen LogP contribution in [0.2, 0.25) is 0 Å². The lowest BCUT2D eigenvalue weighted by Gasteiger charge is -2.18. The number of carbonyl (C=O) groups excluding carboxylic acids is 1. The van der Waals surface area contributed by atoms with Crippen LogP contribution in [0.25, 0.3) is 0 Å². The largest absolute Gasteiger partial charge is 0.335 e. The highest BCUT2D eigenvalue weighted by Crippen LogP contribution is 2.12. The van der Waals surface area contributed by atoms with Crippen molar-refractivity contribution in [1.82, 2.24) is 4.90 Å². The van der Waals surface area contributed by atoms with E-state index in [0.29, 0.717) is 18.7 Å². The molecular weight excluding hydrogens is 254 g/mol. The van der Waals surface area contributed by atoms with E-state index in [0.717, 1.165) is 4.47 Å². The minimum Gasteiger partial charge on any atom is -0.335 e. The van der Waals surface area contributed by atoms with Crippen LogP contribution < -0.4 is 0 Å². The van der Waals surface area contributed by atoms with E-state index < -0.39 is 0 Å². The molecule has 0 spiro atoms. The molecule has 1 aromatic carbocycles. The van der Waals surface area contributed by atoms with Gasteiger partial charge in [0.05, 0.1) is 0 Å². The van der Waals surface area contributed by atoms with E-state index in [1.165, 1.54) is 0 Å². The van der Waals surface area contributed by atoms with Gasteiger partial charge in [0, 0.05) is 23.1 Å². The molecule has 1 rings (SSSR count). The first kappa shape index (κ1) is 12.0. The molecule has 1 amide bonds. The summed E-state index contributed by atoms with van der Waals surface area (Å²) < 4.78 is 0.978. The van der Waals surface area contributed by atoms with Crippen LogP contribution >= 0.6 is 15.9 Å². The maximum absolute atomic E-state index is 11.9. The number of amides is 1. The van der Waals surface area contributed by atoms with Crippen LogP contribution in [0, 0.1) is 0 Å². The molecule has 0 fully saturated rings. The molecule has 0 heterocycles. The van der Waals surface area contributed by atoms with Crippen LogP contribution in [0.5, 0.6) is 0 Å². The van der Waals surface area contributed by atoms with Gasteiger partial charge in [-0.05, 0) is 31.2 Å². The molecule has 0 N–H and O–H groups in total. The standard InChI is InChI=1S/C12H14BrNO/c1-3-9-14(4-2)12(15)10-5-7-11(13)8-6-10/h3,5-8H,1,4,9H2,2H3. The number of rotatable bonds is 4. The van der Waals surface area contributed by atoms with Gasteiger partial charge in [0.25, 0.3) is 5.91 Å². The molecule has 0 aliphatic rings. The van der Waals surface area contributed by atoms with Gasteiger partial charge in [-0.15, -0.1) is 6.58 Å². The maximum Gasteiger partial charge on any atom is 0.254 e. The smallest absolute Gasteiger partial charge is 0.254 e. The third-order valence-electron chi connectivity index (χ3n) is 2.11. The van der Waals surface area contributed by atoms with Crippen LogP contribution in [-0.4, -0.2) is 23.9 Å². The van der Waals surface area contributed by atoms with Gasteiger partial charge in [0.15, 0.2) is 0 Å². The van der Waals surface area contributed by atoms with Crippen LogP contribution in [0.15, 0.2) is 41.4 Å². The summed E-state index contributed by atoms with van der Waals surface area (Å²) in [5.41, 5.74) is 0.710. The van der Waals surface area contributed by atoms with E-state index in [9.17, 15) is 4.79 Å². The Morgan fingerprint density at radius 3 is 2.53 bits per heavy atom. The van der Waals surface area contributed by atoms with E-state index >= 15 is 0 Å². The Balaban J connectivity index is 2.82. The molecule has 0 aliphatic carbocycles. The third-order valence-corrected chi connectivity index (χ3v) is 2.64. The molecule has 0 saturated carbocycles. The Bertz CT molecular complexity index is 345. The molecule has 80 valence electrons. The molecule has 0 aliphatic heterocycles. The lowest BCUT2D eigenvalue weighted by Crippen LogP contribution is -2.30. The minimum atomic E-state index is 0.0462. The molecule has 0 aromatic heterocycles. The molecule has 0 bridgehead atoms. The van der Waals surface area contributed by atoms with E-state index in [2.05, 4.69) is 22.5 Å². The Labute approximate surface area is 98.7 Å². The third kappa shape index (κ3) is 3.20. The van der Waals surface area contributed by atoms with Crippen molar-refractivity contribution in [3.05, 3.63) is 47.0 Å². The van der Waals surface area contributed by atoms with Crippen molar-refractivity contribution in [2.75, 3.05) is 13.1 Å². The van der Waals surface area contributed by atoms with Crippen LogP contribution in [0.1, 0.15) is 17.3 Å². The van der Waals surface area contributed by atoms with Crippen molar-refractivity contribution < 1.29 is 4.79 Å². The van der Waals surface area contributed by atoms with Gasteiger partial charge in [-0.2, -0.15) is 0 Å². The summed E-state index contributed by atoms with van der Waals surface area (Å²) in [4.78, 5) is 13.7. The number of likely N-dealkylation sites (N-methyl/N-ethyl adjacent to an activating group) is 1. The van der Waals surface area contributed by atoms with Gasteiger partial charge < -0.3 is 4.90 Å². The second-order valence-electron chi connectivity index (χ2n) is 3.14. The van der Waals surface area contributed by atoms with Crippen molar-refractivity contribution in [1.29, 1.82) is 0 Å². The highest BCUT2D eigenvalue weighted by Gasteiger charge is 2.11. The van der Waals surface area contributed by atoms with Crippen LogP contribution in [0.4, 0.5) is 0 Å². The topological polar surface area (TPSA) is 20.3 Å². The number of benzene rings is 1. The molecule has 2 nitrogen and oxygen atoms in total. The predicted octanol–water partition coefficient (Wildman–Crippen LogP) is 3.10. The summed E-state index contributed by atoms with van der Waals surface area (Å²) in [5, 5.41) is 0. The van der Waals surface area contributed by atoms with Gasteiger partial charge in [-0.1, -0.05) is 22.0 Å². The fourth-order valence-electron chi connectivity index (χ4n) is 1.29. The zero-order valence-corrected chi connectivity index (χ0v) is 10.3. The summed E-state index contributed by atoms with van der Waals surface area (Å²) in [6, 6.07) is 7.38. The second-order valence-corrected chi connectivity index (χ2v) is 4.06. The fraction of sp³-hybridized carbons (Fsp3) is 0.250. The summed E-state index contributed by atoms with van der Waals surface area (Å²) in [6.07, 6.45) is 1.74. The quantitative estimate of drug-likeness (QED) is 0.768. The summed E-state index contributed by atoms with van der Waals surface area (Å²) in [6.45, 7) is 6.88. The summed E-state index contributed by atoms with van der Waals surface area (Å²) >= 11 is 3.34. The monoisotopic (exact) mass is 267 g/mol. The molecule has 15 heavy (non-hydrogen) atoms. The second kappa shape index (κ2) is 5.71.